The van der Waals surface area contributed by atoms with E-state index in [1.54, 1.807) is 12.3 Å². The van der Waals surface area contributed by atoms with E-state index < -0.39 is 0 Å². The van der Waals surface area contributed by atoms with Gasteiger partial charge in [-0.1, -0.05) is 78.9 Å². The zero-order valence-corrected chi connectivity index (χ0v) is 33.3. The lowest BCUT2D eigenvalue weighted by molar-refractivity contribution is 1.07. The molecule has 7 heteroatoms. The van der Waals surface area contributed by atoms with Crippen LogP contribution in [0.2, 0.25) is 0 Å². The summed E-state index contributed by atoms with van der Waals surface area (Å²) >= 11 is 0. The largest absolute Gasteiger partial charge is 0.405 e. The molecule has 0 atom stereocenters. The van der Waals surface area contributed by atoms with Crippen LogP contribution in [-0.4, -0.2) is 15.0 Å². The minimum atomic E-state index is 0.478. The zero-order chi connectivity index (χ0) is 40.7. The molecule has 7 nitrogen and oxygen atoms in total. The minimum Gasteiger partial charge on any atom is -0.405 e. The first kappa shape index (κ1) is 38.3. The molecule has 0 bridgehead atoms. The number of nitrogens with zero attached hydrogens (tertiary/aromatic N) is 4. The predicted octanol–water partition coefficient (Wildman–Crippen LogP) is 12.0. The number of anilines is 3. The van der Waals surface area contributed by atoms with Crippen LogP contribution < -0.4 is 22.1 Å². The lowest BCUT2D eigenvalue weighted by atomic mass is 10.0. The number of allylic oxidation sites excluding steroid dienone is 2. The number of aromatic nitrogens is 2. The first-order chi connectivity index (χ1) is 29.0. The van der Waals surface area contributed by atoms with Gasteiger partial charge in [0.1, 0.15) is 5.84 Å². The number of benzene rings is 7. The first-order valence-electron chi connectivity index (χ1n) is 19.8. The van der Waals surface area contributed by atoms with Crippen molar-refractivity contribution in [1.82, 2.24) is 9.13 Å². The summed E-state index contributed by atoms with van der Waals surface area (Å²) in [6.45, 7) is 4.29. The molecule has 2 aromatic heterocycles. The maximum atomic E-state index is 6.25. The van der Waals surface area contributed by atoms with Gasteiger partial charge in [0.2, 0.25) is 0 Å². The van der Waals surface area contributed by atoms with Crippen molar-refractivity contribution < 1.29 is 0 Å². The second kappa shape index (κ2) is 17.3. The number of hydrogen-bond donors (Lipinski definition) is 3. The normalized spacial score (nSPS) is 11.8. The van der Waals surface area contributed by atoms with Crippen LogP contribution in [0.25, 0.3) is 55.2 Å². The van der Waals surface area contributed by atoms with Gasteiger partial charge in [-0.3, -0.25) is 0 Å². The van der Waals surface area contributed by atoms with Crippen LogP contribution >= 0.6 is 0 Å². The van der Waals surface area contributed by atoms with Gasteiger partial charge in [0.15, 0.2) is 0 Å². The van der Waals surface area contributed by atoms with Crippen molar-refractivity contribution in [3.05, 3.63) is 212 Å². The molecule has 7 aromatic carbocycles. The van der Waals surface area contributed by atoms with Crippen molar-refractivity contribution in [2.24, 2.45) is 22.2 Å². The molecule has 0 unspecified atom stereocenters. The quantitative estimate of drug-likeness (QED) is 0.100. The van der Waals surface area contributed by atoms with E-state index in [-0.39, 0.29) is 0 Å². The molecule has 9 aromatic rings. The number of nitrogens with two attached hydrogens (primary N) is 3. The highest BCUT2D eigenvalue weighted by Gasteiger charge is 2.18. The molecule has 0 saturated heterocycles. The molecule has 9 rings (SSSR count). The van der Waals surface area contributed by atoms with Gasteiger partial charge < -0.3 is 31.2 Å². The molecule has 0 radical (unpaired) electrons. The molecule has 290 valence electrons. The average molecular weight is 770 g/mol. The third-order valence-electron chi connectivity index (χ3n) is 10.5. The maximum absolute atomic E-state index is 6.25. The second-order valence-electron chi connectivity index (χ2n) is 14.1. The van der Waals surface area contributed by atoms with Gasteiger partial charge in [-0.2, -0.15) is 0 Å². The van der Waals surface area contributed by atoms with Gasteiger partial charge >= 0.3 is 0 Å². The van der Waals surface area contributed by atoms with Gasteiger partial charge in [0, 0.05) is 69.1 Å². The molecule has 2 heterocycles. The SMILES string of the molecule is C/C=C\N.C/C=C\N=C(N)c1ccc(N(c2ccc(CN)cc2)c2ccc(-c3ccc4c(c3)c3c5ccn(-c6ccccc6)c5ccc3n4-c3ccccc3)cc2)cc1. The van der Waals surface area contributed by atoms with Crippen molar-refractivity contribution >= 4 is 55.6 Å². The number of para-hydroxylation sites is 2. The fraction of sp³-hybridized carbons (Fsp3) is 0.0577. The Kier molecular flexibility index (Phi) is 11.2. The highest BCUT2D eigenvalue weighted by Crippen LogP contribution is 2.41. The van der Waals surface area contributed by atoms with E-state index in [2.05, 4.69) is 183 Å². The monoisotopic (exact) mass is 769 g/mol. The van der Waals surface area contributed by atoms with Gasteiger partial charge in [-0.05, 0) is 140 Å². The first-order valence-corrected chi connectivity index (χ1v) is 19.8. The summed E-state index contributed by atoms with van der Waals surface area (Å²) in [6.07, 6.45) is 9.03. The Balaban J connectivity index is 0.00000116. The van der Waals surface area contributed by atoms with Gasteiger partial charge in [0.05, 0.1) is 16.6 Å². The Bertz CT molecular complexity index is 2910. The molecular weight excluding hydrogens is 723 g/mol. The molecule has 59 heavy (non-hydrogen) atoms. The Labute approximate surface area is 345 Å². The molecule has 0 aliphatic carbocycles. The van der Waals surface area contributed by atoms with Gasteiger partial charge in [-0.25, -0.2) is 4.99 Å². The molecule has 0 saturated carbocycles. The zero-order valence-electron chi connectivity index (χ0n) is 33.3. The highest BCUT2D eigenvalue weighted by molar-refractivity contribution is 6.21. The summed E-state index contributed by atoms with van der Waals surface area (Å²) in [4.78, 5) is 6.58. The third-order valence-corrected chi connectivity index (χ3v) is 10.5. The van der Waals surface area contributed by atoms with Crippen molar-refractivity contribution in [3.63, 3.8) is 0 Å². The number of amidine groups is 1. The summed E-state index contributed by atoms with van der Waals surface area (Å²) < 4.78 is 4.66. The number of fused-ring (bicyclic) bond motifs is 5. The van der Waals surface area contributed by atoms with E-state index in [4.69, 9.17) is 17.2 Å². The standard InChI is InChI=1S/C49H40N6.C3H7N/c1-2-30-52-49(51)36-17-24-42(25-18-36)54(40-20-13-34(33-50)14-21-40)41-22-15-35(16-23-41)37-19-26-46-44(32-37)48-43-29-31-53(38-9-5-3-6-10-38)45(43)27-28-47(48)55(46)39-11-7-4-8-12-39;1-2-3-4/h2-32H,33,50H2,1H3,(H2,51,52);2-3H,4H2,1H3/b30-2-;3-2-. The predicted molar refractivity (Wildman–Crippen MR) is 250 cm³/mol. The molecular formula is C52H47N7. The summed E-state index contributed by atoms with van der Waals surface area (Å²) in [7, 11) is 0. The van der Waals surface area contributed by atoms with Gasteiger partial charge in [0.25, 0.3) is 0 Å². The van der Waals surface area contributed by atoms with E-state index in [0.29, 0.717) is 12.4 Å². The van der Waals surface area contributed by atoms with Crippen LogP contribution in [0.1, 0.15) is 25.0 Å². The van der Waals surface area contributed by atoms with Crippen molar-refractivity contribution in [2.45, 2.75) is 20.4 Å². The summed E-state index contributed by atoms with van der Waals surface area (Å²) in [5, 5.41) is 3.69. The van der Waals surface area contributed by atoms with Crippen molar-refractivity contribution in [2.75, 3.05) is 4.90 Å². The maximum Gasteiger partial charge on any atom is 0.130 e. The lowest BCUT2D eigenvalue weighted by Gasteiger charge is -2.26. The summed E-state index contributed by atoms with van der Waals surface area (Å²) in [5.41, 5.74) is 30.2. The number of rotatable bonds is 9. The number of aliphatic imine (C=N–C) groups is 1. The van der Waals surface area contributed by atoms with Crippen LogP contribution in [0, 0.1) is 0 Å². The molecule has 0 amide bonds. The average Bonchev–Trinajstić information content (AvgIpc) is 3.89. The Morgan fingerprint density at radius 1 is 0.593 bits per heavy atom. The Hall–Kier alpha value is -7.61. The van der Waals surface area contributed by atoms with E-state index in [0.717, 1.165) is 50.7 Å². The second-order valence-corrected chi connectivity index (χ2v) is 14.1. The summed E-state index contributed by atoms with van der Waals surface area (Å²) in [6, 6.07) is 60.2. The fourth-order valence-electron chi connectivity index (χ4n) is 7.63. The van der Waals surface area contributed by atoms with Crippen LogP contribution in [0.3, 0.4) is 0 Å². The minimum absolute atomic E-state index is 0.478. The van der Waals surface area contributed by atoms with E-state index in [1.807, 2.05) is 32.1 Å². The van der Waals surface area contributed by atoms with Crippen LogP contribution in [0.5, 0.6) is 0 Å². The molecule has 0 aliphatic heterocycles. The van der Waals surface area contributed by atoms with E-state index in [9.17, 15) is 0 Å². The highest BCUT2D eigenvalue weighted by atomic mass is 15.1. The molecule has 0 spiro atoms. The molecule has 6 N–H and O–H groups in total. The summed E-state index contributed by atoms with van der Waals surface area (Å²) in [5.74, 6) is 0.478. The topological polar surface area (TPSA) is 104 Å². The van der Waals surface area contributed by atoms with Gasteiger partial charge in [-0.15, -0.1) is 0 Å². The Morgan fingerprint density at radius 3 is 1.76 bits per heavy atom. The number of hydrogen-bond acceptors (Lipinski definition) is 4. The van der Waals surface area contributed by atoms with E-state index in [1.165, 1.54) is 38.9 Å². The lowest BCUT2D eigenvalue weighted by Crippen LogP contribution is -2.14. The third kappa shape index (κ3) is 7.63. The fourth-order valence-corrected chi connectivity index (χ4v) is 7.63. The van der Waals surface area contributed by atoms with Crippen LogP contribution in [0.15, 0.2) is 206 Å². The molecule has 0 aliphatic rings. The van der Waals surface area contributed by atoms with Crippen LogP contribution in [0.4, 0.5) is 17.1 Å². The van der Waals surface area contributed by atoms with Crippen LogP contribution in [-0.2, 0) is 6.54 Å². The molecule has 0 fully saturated rings. The smallest absolute Gasteiger partial charge is 0.130 e. The van der Waals surface area contributed by atoms with E-state index >= 15 is 0 Å². The van der Waals surface area contributed by atoms with Crippen molar-refractivity contribution in [1.29, 1.82) is 0 Å². The Morgan fingerprint density at radius 2 is 1.15 bits per heavy atom. The van der Waals surface area contributed by atoms with Crippen molar-refractivity contribution in [3.8, 4) is 22.5 Å².